The minimum atomic E-state index is -0.344. The number of nitrogens with one attached hydrogen (secondary N) is 1. The van der Waals surface area contributed by atoms with Crippen molar-refractivity contribution in [3.63, 3.8) is 0 Å². The van der Waals surface area contributed by atoms with Crippen LogP contribution in [0.2, 0.25) is 5.02 Å². The van der Waals surface area contributed by atoms with E-state index in [1.54, 1.807) is 32.4 Å². The van der Waals surface area contributed by atoms with Gasteiger partial charge in [-0.2, -0.15) is 5.10 Å². The molecule has 1 fully saturated rings. The lowest BCUT2D eigenvalue weighted by Crippen LogP contribution is -2.38. The molecule has 1 aromatic heterocycles. The van der Waals surface area contributed by atoms with Crippen LogP contribution >= 0.6 is 11.6 Å². The molecular weight excluding hydrogens is 420 g/mol. The first-order valence-corrected chi connectivity index (χ1v) is 10.5. The molecule has 3 aromatic rings. The van der Waals surface area contributed by atoms with Gasteiger partial charge in [0.05, 0.1) is 39.7 Å². The van der Waals surface area contributed by atoms with E-state index in [1.807, 2.05) is 22.9 Å². The maximum absolute atomic E-state index is 13.2. The number of ether oxygens (including phenoxy) is 3. The van der Waals surface area contributed by atoms with Gasteiger partial charge < -0.3 is 19.5 Å². The number of para-hydroxylation sites is 1. The van der Waals surface area contributed by atoms with Gasteiger partial charge in [0.1, 0.15) is 17.0 Å². The van der Waals surface area contributed by atoms with Crippen molar-refractivity contribution in [1.82, 2.24) is 14.7 Å². The number of benzene rings is 2. The summed E-state index contributed by atoms with van der Waals surface area (Å²) in [6, 6.07) is 10.7. The van der Waals surface area contributed by atoms with E-state index in [0.717, 1.165) is 43.8 Å². The van der Waals surface area contributed by atoms with Gasteiger partial charge in [-0.05, 0) is 24.3 Å². The summed E-state index contributed by atoms with van der Waals surface area (Å²) in [6.07, 6.45) is 0. The van der Waals surface area contributed by atoms with Crippen LogP contribution in [0.3, 0.4) is 0 Å². The predicted molar refractivity (Wildman–Crippen MR) is 120 cm³/mol. The Morgan fingerprint density at radius 2 is 1.90 bits per heavy atom. The second-order valence-corrected chi connectivity index (χ2v) is 7.62. The number of hydrogen-bond donors (Lipinski definition) is 1. The molecule has 1 amide bonds. The molecule has 0 spiro atoms. The van der Waals surface area contributed by atoms with Gasteiger partial charge in [0, 0.05) is 30.0 Å². The van der Waals surface area contributed by atoms with Gasteiger partial charge in [0.25, 0.3) is 5.91 Å². The SMILES string of the molecule is COc1ccc(Cl)cc1NC(=O)c1nn(CCN2CCOCC2)c2c(OC)cccc12. The van der Waals surface area contributed by atoms with E-state index >= 15 is 0 Å². The fourth-order valence-electron chi connectivity index (χ4n) is 3.72. The number of nitrogens with zero attached hydrogens (tertiary/aromatic N) is 3. The average molecular weight is 445 g/mol. The zero-order chi connectivity index (χ0) is 21.8. The van der Waals surface area contributed by atoms with Crippen LogP contribution in [0.15, 0.2) is 36.4 Å². The second kappa shape index (κ2) is 9.55. The standard InChI is InChI=1S/C22H25ClN4O4/c1-29-18-7-6-15(23)14-17(18)24-22(28)20-16-4-3-5-19(30-2)21(16)27(25-20)9-8-26-10-12-31-13-11-26/h3-7,14H,8-13H2,1-2H3,(H,24,28). The second-order valence-electron chi connectivity index (χ2n) is 7.18. The summed E-state index contributed by atoms with van der Waals surface area (Å²) in [5, 5.41) is 8.75. The normalized spacial score (nSPS) is 14.5. The van der Waals surface area contributed by atoms with Gasteiger partial charge in [-0.1, -0.05) is 23.7 Å². The molecule has 0 aliphatic carbocycles. The van der Waals surface area contributed by atoms with Gasteiger partial charge in [-0.25, -0.2) is 0 Å². The molecule has 9 heteroatoms. The molecule has 1 N–H and O–H groups in total. The lowest BCUT2D eigenvalue weighted by Gasteiger charge is -2.26. The Morgan fingerprint density at radius 3 is 2.65 bits per heavy atom. The maximum atomic E-state index is 13.2. The molecule has 8 nitrogen and oxygen atoms in total. The van der Waals surface area contributed by atoms with E-state index < -0.39 is 0 Å². The monoisotopic (exact) mass is 444 g/mol. The smallest absolute Gasteiger partial charge is 0.276 e. The third-order valence-corrected chi connectivity index (χ3v) is 5.54. The van der Waals surface area contributed by atoms with E-state index in [2.05, 4.69) is 15.3 Å². The number of methoxy groups -OCH3 is 2. The largest absolute Gasteiger partial charge is 0.495 e. The number of hydrogen-bond acceptors (Lipinski definition) is 6. The summed E-state index contributed by atoms with van der Waals surface area (Å²) in [5.41, 5.74) is 1.60. The van der Waals surface area contributed by atoms with E-state index in [9.17, 15) is 4.79 Å². The lowest BCUT2D eigenvalue weighted by atomic mass is 10.2. The minimum Gasteiger partial charge on any atom is -0.495 e. The van der Waals surface area contributed by atoms with Gasteiger partial charge in [0.2, 0.25) is 0 Å². The van der Waals surface area contributed by atoms with Crippen LogP contribution in [0, 0.1) is 0 Å². The summed E-state index contributed by atoms with van der Waals surface area (Å²) in [6.45, 7) is 4.68. The van der Waals surface area contributed by atoms with Gasteiger partial charge in [0.15, 0.2) is 5.69 Å². The molecule has 1 aliphatic heterocycles. The Hall–Kier alpha value is -2.81. The summed E-state index contributed by atoms with van der Waals surface area (Å²) in [5.74, 6) is 0.849. The fourth-order valence-corrected chi connectivity index (χ4v) is 3.89. The van der Waals surface area contributed by atoms with Crippen LogP contribution in [0.1, 0.15) is 10.5 Å². The number of carbonyl (C=O) groups is 1. The molecule has 2 heterocycles. The topological polar surface area (TPSA) is 77.9 Å². The predicted octanol–water partition coefficient (Wildman–Crippen LogP) is 3.29. The molecule has 164 valence electrons. The molecule has 1 saturated heterocycles. The molecule has 0 unspecified atom stereocenters. The van der Waals surface area contributed by atoms with Crippen molar-refractivity contribution in [3.05, 3.63) is 47.1 Å². The Balaban J connectivity index is 1.66. The van der Waals surface area contributed by atoms with Crippen LogP contribution in [-0.4, -0.2) is 67.7 Å². The molecule has 1 aliphatic rings. The van der Waals surface area contributed by atoms with Crippen molar-refractivity contribution >= 4 is 34.1 Å². The number of carbonyl (C=O) groups excluding carboxylic acids is 1. The number of aromatic nitrogens is 2. The number of rotatable bonds is 7. The van der Waals surface area contributed by atoms with Crippen molar-refractivity contribution in [3.8, 4) is 11.5 Å². The van der Waals surface area contributed by atoms with Crippen LogP contribution in [0.4, 0.5) is 5.69 Å². The summed E-state index contributed by atoms with van der Waals surface area (Å²) in [4.78, 5) is 15.5. The van der Waals surface area contributed by atoms with Crippen molar-refractivity contribution in [2.24, 2.45) is 0 Å². The molecule has 31 heavy (non-hydrogen) atoms. The van der Waals surface area contributed by atoms with E-state index in [-0.39, 0.29) is 5.91 Å². The number of morpholine rings is 1. The molecular formula is C22H25ClN4O4. The molecule has 4 rings (SSSR count). The van der Waals surface area contributed by atoms with Crippen molar-refractivity contribution in [2.45, 2.75) is 6.54 Å². The average Bonchev–Trinajstić information content (AvgIpc) is 3.17. The van der Waals surface area contributed by atoms with E-state index in [4.69, 9.17) is 25.8 Å². The summed E-state index contributed by atoms with van der Waals surface area (Å²) < 4.78 is 18.2. The first-order valence-electron chi connectivity index (χ1n) is 10.1. The maximum Gasteiger partial charge on any atom is 0.276 e. The number of fused-ring (bicyclic) bond motifs is 1. The molecule has 2 aromatic carbocycles. The Morgan fingerprint density at radius 1 is 1.13 bits per heavy atom. The van der Waals surface area contributed by atoms with Crippen molar-refractivity contribution < 1.29 is 19.0 Å². The van der Waals surface area contributed by atoms with Crippen LogP contribution in [0.25, 0.3) is 10.9 Å². The van der Waals surface area contributed by atoms with Gasteiger partial charge in [-0.15, -0.1) is 0 Å². The summed E-state index contributed by atoms with van der Waals surface area (Å²) >= 11 is 6.10. The molecule has 0 atom stereocenters. The Labute approximate surface area is 185 Å². The zero-order valence-electron chi connectivity index (χ0n) is 17.6. The highest BCUT2D eigenvalue weighted by Gasteiger charge is 2.22. The Bertz CT molecular complexity index is 1080. The number of halogens is 1. The van der Waals surface area contributed by atoms with E-state index in [0.29, 0.717) is 34.4 Å². The highest BCUT2D eigenvalue weighted by molar-refractivity contribution is 6.31. The lowest BCUT2D eigenvalue weighted by molar-refractivity contribution is 0.0361. The zero-order valence-corrected chi connectivity index (χ0v) is 18.3. The molecule has 0 bridgehead atoms. The third kappa shape index (κ3) is 4.61. The quantitative estimate of drug-likeness (QED) is 0.602. The van der Waals surface area contributed by atoms with Crippen LogP contribution < -0.4 is 14.8 Å². The van der Waals surface area contributed by atoms with Crippen molar-refractivity contribution in [1.29, 1.82) is 0 Å². The molecule has 0 radical (unpaired) electrons. The highest BCUT2D eigenvalue weighted by Crippen LogP contribution is 2.31. The minimum absolute atomic E-state index is 0.318. The Kier molecular flexibility index (Phi) is 6.60. The number of amides is 1. The highest BCUT2D eigenvalue weighted by atomic mass is 35.5. The first kappa shape index (κ1) is 21.4. The van der Waals surface area contributed by atoms with Crippen molar-refractivity contribution in [2.75, 3.05) is 52.4 Å². The summed E-state index contributed by atoms with van der Waals surface area (Å²) in [7, 11) is 3.16. The first-order chi connectivity index (χ1) is 15.1. The van der Waals surface area contributed by atoms with E-state index in [1.165, 1.54) is 0 Å². The van der Waals surface area contributed by atoms with Gasteiger partial charge >= 0.3 is 0 Å². The fraction of sp³-hybridized carbons (Fsp3) is 0.364. The van der Waals surface area contributed by atoms with Gasteiger partial charge in [-0.3, -0.25) is 14.4 Å². The third-order valence-electron chi connectivity index (χ3n) is 5.31. The number of anilines is 1. The molecule has 0 saturated carbocycles. The van der Waals surface area contributed by atoms with Crippen LogP contribution in [-0.2, 0) is 11.3 Å². The van der Waals surface area contributed by atoms with Crippen LogP contribution in [0.5, 0.6) is 11.5 Å².